The molecule has 0 aliphatic heterocycles. The van der Waals surface area contributed by atoms with Crippen LogP contribution in [0.3, 0.4) is 0 Å². The number of nitrogens with one attached hydrogen (secondary N) is 1. The van der Waals surface area contributed by atoms with Crippen LogP contribution in [-0.2, 0) is 9.59 Å². The number of primary amides is 1. The van der Waals surface area contributed by atoms with Crippen molar-refractivity contribution in [2.24, 2.45) is 23.0 Å². The van der Waals surface area contributed by atoms with Crippen molar-refractivity contribution < 1.29 is 9.59 Å². The smallest absolute Gasteiger partial charge is 0.224 e. The molecule has 2 aliphatic rings. The Morgan fingerprint density at radius 1 is 1.19 bits per heavy atom. The summed E-state index contributed by atoms with van der Waals surface area (Å²) in [6.07, 6.45) is 8.26. The van der Waals surface area contributed by atoms with Gasteiger partial charge in [0.25, 0.3) is 0 Å². The average molecular weight is 294 g/mol. The number of amides is 2. The highest BCUT2D eigenvalue weighted by molar-refractivity contribution is 5.90. The van der Waals surface area contributed by atoms with E-state index in [9.17, 15) is 9.59 Å². The van der Waals surface area contributed by atoms with Gasteiger partial charge in [-0.15, -0.1) is 0 Å². The second-order valence-electron chi connectivity index (χ2n) is 8.05. The van der Waals surface area contributed by atoms with Crippen LogP contribution in [0.25, 0.3) is 0 Å². The van der Waals surface area contributed by atoms with Gasteiger partial charge in [-0.25, -0.2) is 0 Å². The molecule has 4 heteroatoms. The number of hydrogen-bond acceptors (Lipinski definition) is 2. The maximum Gasteiger partial charge on any atom is 0.224 e. The maximum atomic E-state index is 12.8. The highest BCUT2D eigenvalue weighted by Gasteiger charge is 2.52. The van der Waals surface area contributed by atoms with Crippen molar-refractivity contribution in [1.82, 2.24) is 5.32 Å². The molecule has 2 fully saturated rings. The first-order chi connectivity index (χ1) is 9.74. The minimum Gasteiger partial charge on any atom is -0.369 e. The third-order valence-corrected chi connectivity index (χ3v) is 5.26. The minimum absolute atomic E-state index is 0.0212. The maximum absolute atomic E-state index is 12.8. The monoisotopic (exact) mass is 294 g/mol. The minimum atomic E-state index is -0.585. The van der Waals surface area contributed by atoms with Crippen LogP contribution < -0.4 is 11.1 Å². The first-order valence-corrected chi connectivity index (χ1v) is 8.36. The second kappa shape index (κ2) is 5.98. The Morgan fingerprint density at radius 3 is 2.14 bits per heavy atom. The van der Waals surface area contributed by atoms with Crippen molar-refractivity contribution in [1.29, 1.82) is 0 Å². The van der Waals surface area contributed by atoms with Crippen LogP contribution in [0.2, 0.25) is 0 Å². The molecule has 0 spiro atoms. The van der Waals surface area contributed by atoms with Crippen LogP contribution in [0.1, 0.15) is 72.1 Å². The van der Waals surface area contributed by atoms with E-state index in [1.54, 1.807) is 0 Å². The molecular formula is C17H30N2O2. The zero-order valence-corrected chi connectivity index (χ0v) is 13.7. The molecule has 2 aliphatic carbocycles. The highest BCUT2D eigenvalue weighted by atomic mass is 16.2. The summed E-state index contributed by atoms with van der Waals surface area (Å²) in [5, 5.41) is 3.08. The molecule has 0 radical (unpaired) electrons. The fourth-order valence-electron chi connectivity index (χ4n) is 3.94. The van der Waals surface area contributed by atoms with Crippen LogP contribution in [0, 0.1) is 17.3 Å². The number of rotatable bonds is 5. The Morgan fingerprint density at radius 2 is 1.76 bits per heavy atom. The number of nitrogens with two attached hydrogens (primary N) is 1. The number of carbonyl (C=O) groups is 2. The summed E-state index contributed by atoms with van der Waals surface area (Å²) in [6, 6.07) is 0. The molecule has 0 aromatic rings. The van der Waals surface area contributed by atoms with E-state index in [-0.39, 0.29) is 23.3 Å². The molecule has 21 heavy (non-hydrogen) atoms. The highest BCUT2D eigenvalue weighted by Crippen LogP contribution is 2.50. The summed E-state index contributed by atoms with van der Waals surface area (Å²) < 4.78 is 0. The predicted molar refractivity (Wildman–Crippen MR) is 83.4 cm³/mol. The molecule has 2 rings (SSSR count). The Balaban J connectivity index is 2.16. The Labute approximate surface area is 128 Å². The number of hydrogen-bond donors (Lipinski definition) is 2. The van der Waals surface area contributed by atoms with Gasteiger partial charge in [0.15, 0.2) is 0 Å². The fraction of sp³-hybridized carbons (Fsp3) is 0.882. The molecule has 1 atom stereocenters. The van der Waals surface area contributed by atoms with E-state index in [4.69, 9.17) is 5.73 Å². The lowest BCUT2D eigenvalue weighted by molar-refractivity contribution is -0.148. The van der Waals surface area contributed by atoms with Crippen molar-refractivity contribution in [2.75, 3.05) is 0 Å². The molecule has 4 nitrogen and oxygen atoms in total. The first-order valence-electron chi connectivity index (χ1n) is 8.36. The second-order valence-corrected chi connectivity index (χ2v) is 8.05. The van der Waals surface area contributed by atoms with Crippen LogP contribution in [0.15, 0.2) is 0 Å². The third-order valence-electron chi connectivity index (χ3n) is 5.26. The van der Waals surface area contributed by atoms with Crippen molar-refractivity contribution in [3.05, 3.63) is 0 Å². The predicted octanol–water partition coefficient (Wildman–Crippen LogP) is 2.75. The van der Waals surface area contributed by atoms with E-state index < -0.39 is 5.41 Å². The van der Waals surface area contributed by atoms with Crippen molar-refractivity contribution in [3.63, 3.8) is 0 Å². The van der Waals surface area contributed by atoms with Crippen molar-refractivity contribution >= 4 is 11.8 Å². The Kier molecular flexibility index (Phi) is 4.64. The number of carbonyl (C=O) groups excluding carboxylic acids is 2. The van der Waals surface area contributed by atoms with Gasteiger partial charge in [0.05, 0.1) is 11.3 Å². The largest absolute Gasteiger partial charge is 0.369 e. The fourth-order valence-corrected chi connectivity index (χ4v) is 3.94. The van der Waals surface area contributed by atoms with Gasteiger partial charge in [-0.3, -0.25) is 9.59 Å². The summed E-state index contributed by atoms with van der Waals surface area (Å²) in [6.45, 7) is 5.94. The normalized spacial score (nSPS) is 23.4. The van der Waals surface area contributed by atoms with Gasteiger partial charge >= 0.3 is 0 Å². The molecule has 0 saturated heterocycles. The molecule has 0 heterocycles. The lowest BCUT2D eigenvalue weighted by atomic mass is 9.58. The van der Waals surface area contributed by atoms with Crippen LogP contribution in [0.4, 0.5) is 0 Å². The summed E-state index contributed by atoms with van der Waals surface area (Å²) in [5.41, 5.74) is 4.83. The molecule has 3 N–H and O–H groups in total. The third kappa shape index (κ3) is 3.58. The van der Waals surface area contributed by atoms with Crippen molar-refractivity contribution in [2.45, 2.75) is 77.7 Å². The van der Waals surface area contributed by atoms with Crippen LogP contribution in [-0.4, -0.2) is 17.4 Å². The lowest BCUT2D eigenvalue weighted by Gasteiger charge is -2.45. The zero-order valence-electron chi connectivity index (χ0n) is 13.7. The summed E-state index contributed by atoms with van der Waals surface area (Å²) in [4.78, 5) is 24.8. The lowest BCUT2D eigenvalue weighted by Crippen LogP contribution is -2.56. The molecule has 0 aromatic heterocycles. The van der Waals surface area contributed by atoms with E-state index in [2.05, 4.69) is 5.32 Å². The topological polar surface area (TPSA) is 72.2 Å². The zero-order chi connectivity index (χ0) is 15.7. The van der Waals surface area contributed by atoms with E-state index in [0.717, 1.165) is 25.7 Å². The van der Waals surface area contributed by atoms with Crippen LogP contribution >= 0.6 is 0 Å². The van der Waals surface area contributed by atoms with Gasteiger partial charge in [0, 0.05) is 5.54 Å². The van der Waals surface area contributed by atoms with Gasteiger partial charge in [-0.1, -0.05) is 32.1 Å². The summed E-state index contributed by atoms with van der Waals surface area (Å²) in [5.74, 6) is 0.0809. The molecule has 0 bridgehead atoms. The quantitative estimate of drug-likeness (QED) is 0.818. The average Bonchev–Trinajstić information content (AvgIpc) is 2.76. The van der Waals surface area contributed by atoms with Crippen molar-refractivity contribution in [3.8, 4) is 0 Å². The molecule has 0 aromatic carbocycles. The van der Waals surface area contributed by atoms with Gasteiger partial charge in [0.2, 0.25) is 11.8 Å². The molecule has 1 unspecified atom stereocenters. The molecule has 2 amide bonds. The van der Waals surface area contributed by atoms with E-state index in [1.165, 1.54) is 25.7 Å². The summed E-state index contributed by atoms with van der Waals surface area (Å²) >= 11 is 0. The van der Waals surface area contributed by atoms with Gasteiger partial charge in [-0.05, 0) is 46.0 Å². The Bertz CT molecular complexity index is 402. The SMILES string of the molecule is CC(C)(C)NC(=O)C(CC1CCCC1)C1(C(N)=O)CCC1. The Hall–Kier alpha value is -1.06. The molecular weight excluding hydrogens is 264 g/mol. The van der Waals surface area contributed by atoms with E-state index >= 15 is 0 Å². The summed E-state index contributed by atoms with van der Waals surface area (Å²) in [7, 11) is 0. The standard InChI is InChI=1S/C17H30N2O2/c1-16(2,3)19-14(20)13(11-12-7-4-5-8-12)17(15(18)21)9-6-10-17/h12-13H,4-11H2,1-3H3,(H2,18,21)(H,19,20). The van der Waals surface area contributed by atoms with Gasteiger partial charge < -0.3 is 11.1 Å². The van der Waals surface area contributed by atoms with Crippen LogP contribution in [0.5, 0.6) is 0 Å². The molecule has 120 valence electrons. The van der Waals surface area contributed by atoms with E-state index in [0.29, 0.717) is 5.92 Å². The van der Waals surface area contributed by atoms with E-state index in [1.807, 2.05) is 20.8 Å². The molecule has 2 saturated carbocycles. The van der Waals surface area contributed by atoms with Gasteiger partial charge in [-0.2, -0.15) is 0 Å². The van der Waals surface area contributed by atoms with Gasteiger partial charge in [0.1, 0.15) is 0 Å². The first kappa shape index (κ1) is 16.3.